The van der Waals surface area contributed by atoms with Crippen molar-refractivity contribution >= 4 is 16.8 Å². The van der Waals surface area contributed by atoms with Gasteiger partial charge in [0.2, 0.25) is 5.91 Å². The Morgan fingerprint density at radius 2 is 1.76 bits per heavy atom. The molecule has 0 radical (unpaired) electrons. The highest BCUT2D eigenvalue weighted by molar-refractivity contribution is 5.85. The summed E-state index contributed by atoms with van der Waals surface area (Å²) in [7, 11) is 0. The van der Waals surface area contributed by atoms with Gasteiger partial charge in [-0.3, -0.25) is 4.79 Å². The van der Waals surface area contributed by atoms with Gasteiger partial charge in [-0.05, 0) is 55.3 Å². The van der Waals surface area contributed by atoms with E-state index in [9.17, 15) is 9.18 Å². The molecule has 176 valence electrons. The molecule has 2 heterocycles. The van der Waals surface area contributed by atoms with E-state index in [1.165, 1.54) is 25.6 Å². The van der Waals surface area contributed by atoms with Crippen molar-refractivity contribution in [3.8, 4) is 0 Å². The van der Waals surface area contributed by atoms with Crippen molar-refractivity contribution in [3.63, 3.8) is 0 Å². The maximum Gasteiger partial charge on any atom is 0.220 e. The van der Waals surface area contributed by atoms with E-state index in [4.69, 9.17) is 0 Å². The van der Waals surface area contributed by atoms with Gasteiger partial charge in [0.25, 0.3) is 0 Å². The molecule has 0 saturated carbocycles. The SMILES string of the molecule is C[C@H]1C[C@H](C)CN(CCCNC(=O)CCc2cn(Cc3ccccc3F)c3ccccc23)C1. The highest BCUT2D eigenvalue weighted by Crippen LogP contribution is 2.24. The van der Waals surface area contributed by atoms with E-state index in [0.717, 1.165) is 47.8 Å². The molecule has 0 bridgehead atoms. The first kappa shape index (κ1) is 23.5. The van der Waals surface area contributed by atoms with Crippen molar-refractivity contribution in [1.29, 1.82) is 0 Å². The topological polar surface area (TPSA) is 37.3 Å². The first-order valence-electron chi connectivity index (χ1n) is 12.3. The predicted octanol–water partition coefficient (Wildman–Crippen LogP) is 5.25. The molecule has 4 nitrogen and oxygen atoms in total. The van der Waals surface area contributed by atoms with E-state index in [1.54, 1.807) is 6.07 Å². The number of benzene rings is 2. The number of piperidine rings is 1. The lowest BCUT2D eigenvalue weighted by atomic mass is 9.92. The van der Waals surface area contributed by atoms with Crippen LogP contribution >= 0.6 is 0 Å². The minimum Gasteiger partial charge on any atom is -0.356 e. The first-order valence-corrected chi connectivity index (χ1v) is 12.3. The van der Waals surface area contributed by atoms with Crippen LogP contribution in [0.1, 0.15) is 44.2 Å². The van der Waals surface area contributed by atoms with Crippen molar-refractivity contribution in [2.45, 2.75) is 46.1 Å². The number of hydrogen-bond donors (Lipinski definition) is 1. The maximum atomic E-state index is 14.2. The molecule has 1 aliphatic heterocycles. The lowest BCUT2D eigenvalue weighted by molar-refractivity contribution is -0.121. The highest BCUT2D eigenvalue weighted by atomic mass is 19.1. The summed E-state index contributed by atoms with van der Waals surface area (Å²) in [6.07, 6.45) is 5.53. The molecule has 0 spiro atoms. The zero-order chi connectivity index (χ0) is 23.2. The van der Waals surface area contributed by atoms with Crippen LogP contribution in [-0.4, -0.2) is 41.6 Å². The summed E-state index contributed by atoms with van der Waals surface area (Å²) in [5, 5.41) is 4.23. The number of fused-ring (bicyclic) bond motifs is 1. The lowest BCUT2D eigenvalue weighted by Gasteiger charge is -2.34. The second-order valence-electron chi connectivity index (χ2n) is 9.80. The van der Waals surface area contributed by atoms with E-state index in [-0.39, 0.29) is 11.7 Å². The van der Waals surface area contributed by atoms with Gasteiger partial charge in [0, 0.05) is 48.7 Å². The van der Waals surface area contributed by atoms with Crippen molar-refractivity contribution in [3.05, 3.63) is 71.7 Å². The van der Waals surface area contributed by atoms with Gasteiger partial charge < -0.3 is 14.8 Å². The van der Waals surface area contributed by atoms with Gasteiger partial charge in [-0.15, -0.1) is 0 Å². The van der Waals surface area contributed by atoms with E-state index in [1.807, 2.05) is 24.3 Å². The van der Waals surface area contributed by atoms with Gasteiger partial charge in [-0.1, -0.05) is 50.2 Å². The van der Waals surface area contributed by atoms with Crippen LogP contribution in [0.25, 0.3) is 10.9 Å². The molecule has 1 saturated heterocycles. The number of hydrogen-bond acceptors (Lipinski definition) is 2. The molecule has 2 aromatic carbocycles. The molecule has 0 unspecified atom stereocenters. The number of halogens is 1. The number of nitrogens with one attached hydrogen (secondary N) is 1. The summed E-state index contributed by atoms with van der Waals surface area (Å²) in [6, 6.07) is 15.1. The molecule has 33 heavy (non-hydrogen) atoms. The molecule has 3 aromatic rings. The third kappa shape index (κ3) is 6.23. The normalized spacial score (nSPS) is 19.1. The van der Waals surface area contributed by atoms with Crippen molar-refractivity contribution in [2.24, 2.45) is 11.8 Å². The molecular formula is C28H36FN3O. The molecule has 1 aliphatic rings. The number of carbonyl (C=O) groups excluding carboxylic acids is 1. The average Bonchev–Trinajstić information content (AvgIpc) is 3.14. The Balaban J connectivity index is 1.29. The van der Waals surface area contributed by atoms with E-state index < -0.39 is 0 Å². The summed E-state index contributed by atoms with van der Waals surface area (Å²) in [6.45, 7) is 9.28. The van der Waals surface area contributed by atoms with Crippen LogP contribution in [-0.2, 0) is 17.8 Å². The standard InChI is InChI=1S/C28H36FN3O/c1-21-16-22(2)18-31(17-21)15-7-14-30-28(33)13-12-23-19-32(27-11-6-4-9-25(23)27)20-24-8-3-5-10-26(24)29/h3-6,8-11,19,21-22H,7,12-18,20H2,1-2H3,(H,30,33)/t21-,22-/m0/s1. The molecular weight excluding hydrogens is 413 g/mol. The number of amides is 1. The second kappa shape index (κ2) is 11.0. The smallest absolute Gasteiger partial charge is 0.220 e. The molecule has 4 rings (SSSR count). The summed E-state index contributed by atoms with van der Waals surface area (Å²) in [4.78, 5) is 15.0. The van der Waals surface area contributed by atoms with Gasteiger partial charge in [0.1, 0.15) is 5.82 Å². The van der Waals surface area contributed by atoms with E-state index in [0.29, 0.717) is 24.9 Å². The second-order valence-corrected chi connectivity index (χ2v) is 9.80. The van der Waals surface area contributed by atoms with Crippen molar-refractivity contribution in [1.82, 2.24) is 14.8 Å². The molecule has 5 heteroatoms. The van der Waals surface area contributed by atoms with Crippen LogP contribution in [0.3, 0.4) is 0 Å². The van der Waals surface area contributed by atoms with Gasteiger partial charge in [-0.25, -0.2) is 4.39 Å². The summed E-state index contributed by atoms with van der Waals surface area (Å²) in [5.74, 6) is 1.44. The fourth-order valence-corrected chi connectivity index (χ4v) is 5.30. The Hall–Kier alpha value is -2.66. The molecule has 1 fully saturated rings. The van der Waals surface area contributed by atoms with Gasteiger partial charge >= 0.3 is 0 Å². The Kier molecular flexibility index (Phi) is 7.81. The predicted molar refractivity (Wildman–Crippen MR) is 133 cm³/mol. The monoisotopic (exact) mass is 449 g/mol. The van der Waals surface area contributed by atoms with Gasteiger partial charge in [0.15, 0.2) is 0 Å². The van der Waals surface area contributed by atoms with E-state index in [2.05, 4.69) is 47.0 Å². The highest BCUT2D eigenvalue weighted by Gasteiger charge is 2.21. The van der Waals surface area contributed by atoms with Crippen LogP contribution in [0.5, 0.6) is 0 Å². The maximum absolute atomic E-state index is 14.2. The Morgan fingerprint density at radius 3 is 2.55 bits per heavy atom. The van der Waals surface area contributed by atoms with Gasteiger partial charge in [-0.2, -0.15) is 0 Å². The Morgan fingerprint density at radius 1 is 1.03 bits per heavy atom. The Bertz CT molecular complexity index is 1070. The molecule has 1 amide bonds. The fourth-order valence-electron chi connectivity index (χ4n) is 5.30. The number of nitrogens with zero attached hydrogens (tertiary/aromatic N) is 2. The average molecular weight is 450 g/mol. The number of aromatic nitrogens is 1. The van der Waals surface area contributed by atoms with Crippen LogP contribution in [0, 0.1) is 17.7 Å². The molecule has 1 N–H and O–H groups in total. The third-order valence-electron chi connectivity index (χ3n) is 6.71. The third-order valence-corrected chi connectivity index (χ3v) is 6.71. The summed E-state index contributed by atoms with van der Waals surface area (Å²) < 4.78 is 16.3. The quantitative estimate of drug-likeness (QED) is 0.453. The van der Waals surface area contributed by atoms with Crippen LogP contribution in [0.2, 0.25) is 0 Å². The first-order chi connectivity index (χ1) is 16.0. The van der Waals surface area contributed by atoms with E-state index >= 15 is 0 Å². The van der Waals surface area contributed by atoms with Crippen LogP contribution in [0.4, 0.5) is 4.39 Å². The number of carbonyl (C=O) groups is 1. The van der Waals surface area contributed by atoms with Gasteiger partial charge in [0.05, 0.1) is 6.54 Å². The lowest BCUT2D eigenvalue weighted by Crippen LogP contribution is -2.40. The number of para-hydroxylation sites is 1. The minimum atomic E-state index is -0.190. The largest absolute Gasteiger partial charge is 0.356 e. The zero-order valence-corrected chi connectivity index (χ0v) is 19.9. The van der Waals surface area contributed by atoms with Crippen LogP contribution < -0.4 is 5.32 Å². The summed E-state index contributed by atoms with van der Waals surface area (Å²) in [5.41, 5.74) is 2.87. The van der Waals surface area contributed by atoms with Crippen LogP contribution in [0.15, 0.2) is 54.7 Å². The zero-order valence-electron chi connectivity index (χ0n) is 19.9. The Labute approximate surface area is 196 Å². The number of likely N-dealkylation sites (tertiary alicyclic amines) is 1. The molecule has 0 aliphatic carbocycles. The number of rotatable bonds is 9. The van der Waals surface area contributed by atoms with Crippen molar-refractivity contribution in [2.75, 3.05) is 26.2 Å². The molecule has 1 aromatic heterocycles. The van der Waals surface area contributed by atoms with Crippen molar-refractivity contribution < 1.29 is 9.18 Å². The molecule has 2 atom stereocenters. The minimum absolute atomic E-state index is 0.0984. The fraction of sp³-hybridized carbons (Fsp3) is 0.464. The number of aryl methyl sites for hydroxylation is 1. The summed E-state index contributed by atoms with van der Waals surface area (Å²) >= 11 is 0.